The van der Waals surface area contributed by atoms with Gasteiger partial charge in [-0.3, -0.25) is 4.79 Å². The SMILES string of the molecule is CCCCC(NC(=O)C1CC1c1c(F)cccc1Cl)C(=O)O. The van der Waals surface area contributed by atoms with Gasteiger partial charge in [0.15, 0.2) is 0 Å². The molecule has 1 aromatic rings. The Kier molecular flexibility index (Phi) is 5.40. The van der Waals surface area contributed by atoms with Crippen LogP contribution in [0, 0.1) is 11.7 Å². The molecule has 1 aromatic carbocycles. The molecule has 120 valence electrons. The largest absolute Gasteiger partial charge is 0.480 e. The van der Waals surface area contributed by atoms with Crippen LogP contribution < -0.4 is 5.32 Å². The Hall–Kier alpha value is -1.62. The summed E-state index contributed by atoms with van der Waals surface area (Å²) in [4.78, 5) is 23.3. The smallest absolute Gasteiger partial charge is 0.326 e. The highest BCUT2D eigenvalue weighted by Gasteiger charge is 2.46. The molecule has 4 nitrogen and oxygen atoms in total. The summed E-state index contributed by atoms with van der Waals surface area (Å²) in [5.74, 6) is -2.48. The van der Waals surface area contributed by atoms with Gasteiger partial charge in [0.25, 0.3) is 0 Å². The van der Waals surface area contributed by atoms with Crippen LogP contribution in [0.3, 0.4) is 0 Å². The zero-order valence-corrected chi connectivity index (χ0v) is 13.1. The number of nitrogens with one attached hydrogen (secondary N) is 1. The third-order valence-electron chi connectivity index (χ3n) is 3.96. The standard InChI is InChI=1S/C16H19ClFNO3/c1-2-3-7-13(16(21)22)19-15(20)10-8-9(10)14-11(17)5-4-6-12(14)18/h4-6,9-10,13H,2-3,7-8H2,1H3,(H,19,20)(H,21,22). The quantitative estimate of drug-likeness (QED) is 0.807. The van der Waals surface area contributed by atoms with E-state index in [-0.39, 0.29) is 11.8 Å². The maximum absolute atomic E-state index is 13.8. The van der Waals surface area contributed by atoms with Crippen molar-refractivity contribution in [1.82, 2.24) is 5.32 Å². The van der Waals surface area contributed by atoms with Gasteiger partial charge in [-0.15, -0.1) is 0 Å². The van der Waals surface area contributed by atoms with Crippen molar-refractivity contribution in [2.24, 2.45) is 5.92 Å². The Morgan fingerprint density at radius 1 is 1.50 bits per heavy atom. The summed E-state index contributed by atoms with van der Waals surface area (Å²) in [6.45, 7) is 1.96. The average molecular weight is 328 g/mol. The van der Waals surface area contributed by atoms with E-state index in [4.69, 9.17) is 16.7 Å². The van der Waals surface area contributed by atoms with E-state index in [1.165, 1.54) is 12.1 Å². The summed E-state index contributed by atoms with van der Waals surface area (Å²) >= 11 is 5.99. The maximum atomic E-state index is 13.8. The Balaban J connectivity index is 1.99. The van der Waals surface area contributed by atoms with Crippen molar-refractivity contribution in [3.05, 3.63) is 34.6 Å². The van der Waals surface area contributed by atoms with Gasteiger partial charge in [0, 0.05) is 22.4 Å². The van der Waals surface area contributed by atoms with E-state index >= 15 is 0 Å². The first-order valence-electron chi connectivity index (χ1n) is 7.42. The molecule has 0 bridgehead atoms. The molecule has 3 atom stereocenters. The van der Waals surface area contributed by atoms with Crippen molar-refractivity contribution >= 4 is 23.5 Å². The van der Waals surface area contributed by atoms with Crippen molar-refractivity contribution in [2.75, 3.05) is 0 Å². The van der Waals surface area contributed by atoms with E-state index in [9.17, 15) is 14.0 Å². The van der Waals surface area contributed by atoms with Crippen LogP contribution in [0.2, 0.25) is 5.02 Å². The fraction of sp³-hybridized carbons (Fsp3) is 0.500. The van der Waals surface area contributed by atoms with E-state index < -0.39 is 23.7 Å². The van der Waals surface area contributed by atoms with Crippen molar-refractivity contribution in [3.8, 4) is 0 Å². The fourth-order valence-electron chi connectivity index (χ4n) is 2.61. The topological polar surface area (TPSA) is 66.4 Å². The monoisotopic (exact) mass is 327 g/mol. The predicted octanol–water partition coefficient (Wildman–Crippen LogP) is 3.34. The molecule has 2 N–H and O–H groups in total. The zero-order valence-electron chi connectivity index (χ0n) is 12.3. The number of unbranched alkanes of at least 4 members (excludes halogenated alkanes) is 1. The molecule has 22 heavy (non-hydrogen) atoms. The molecule has 6 heteroatoms. The van der Waals surface area contributed by atoms with Crippen LogP contribution in [-0.4, -0.2) is 23.0 Å². The van der Waals surface area contributed by atoms with Gasteiger partial charge in [-0.2, -0.15) is 0 Å². The van der Waals surface area contributed by atoms with E-state index in [1.54, 1.807) is 6.07 Å². The van der Waals surface area contributed by atoms with Gasteiger partial charge >= 0.3 is 5.97 Å². The number of carboxylic acids is 1. The van der Waals surface area contributed by atoms with Gasteiger partial charge in [-0.1, -0.05) is 37.4 Å². The van der Waals surface area contributed by atoms with Crippen LogP contribution in [0.5, 0.6) is 0 Å². The first kappa shape index (κ1) is 16.7. The molecular weight excluding hydrogens is 309 g/mol. The molecule has 1 aliphatic carbocycles. The molecule has 1 amide bonds. The normalized spacial score (nSPS) is 21.2. The highest BCUT2D eigenvalue weighted by Crippen LogP contribution is 2.50. The lowest BCUT2D eigenvalue weighted by molar-refractivity contribution is -0.142. The Morgan fingerprint density at radius 3 is 2.82 bits per heavy atom. The third-order valence-corrected chi connectivity index (χ3v) is 4.29. The summed E-state index contributed by atoms with van der Waals surface area (Å²) < 4.78 is 13.8. The zero-order chi connectivity index (χ0) is 16.3. The number of aliphatic carboxylic acids is 1. The second-order valence-electron chi connectivity index (χ2n) is 5.63. The minimum absolute atomic E-state index is 0.269. The van der Waals surface area contributed by atoms with E-state index in [1.807, 2.05) is 6.92 Å². The Labute approximate surface area is 133 Å². The minimum atomic E-state index is -1.04. The highest BCUT2D eigenvalue weighted by atomic mass is 35.5. The lowest BCUT2D eigenvalue weighted by atomic mass is 10.1. The average Bonchev–Trinajstić information content (AvgIpc) is 3.23. The van der Waals surface area contributed by atoms with Crippen molar-refractivity contribution in [2.45, 2.75) is 44.6 Å². The van der Waals surface area contributed by atoms with E-state index in [0.717, 1.165) is 12.8 Å². The van der Waals surface area contributed by atoms with Crippen LogP contribution >= 0.6 is 11.6 Å². The molecule has 0 saturated heterocycles. The number of amides is 1. The number of carbonyl (C=O) groups is 2. The number of rotatable bonds is 7. The van der Waals surface area contributed by atoms with Crippen molar-refractivity contribution < 1.29 is 19.1 Å². The molecule has 3 unspecified atom stereocenters. The summed E-state index contributed by atoms with van der Waals surface area (Å²) in [6.07, 6.45) is 2.48. The molecule has 0 radical (unpaired) electrons. The number of halogens is 2. The molecule has 1 aliphatic rings. The van der Waals surface area contributed by atoms with Gasteiger partial charge in [0.05, 0.1) is 0 Å². The highest BCUT2D eigenvalue weighted by molar-refractivity contribution is 6.31. The molecule has 1 saturated carbocycles. The van der Waals surface area contributed by atoms with Crippen LogP contribution in [0.15, 0.2) is 18.2 Å². The van der Waals surface area contributed by atoms with Crippen LogP contribution in [0.4, 0.5) is 4.39 Å². The first-order valence-corrected chi connectivity index (χ1v) is 7.80. The second-order valence-corrected chi connectivity index (χ2v) is 6.03. The van der Waals surface area contributed by atoms with Gasteiger partial charge in [-0.05, 0) is 25.0 Å². The van der Waals surface area contributed by atoms with E-state index in [0.29, 0.717) is 23.4 Å². The second kappa shape index (κ2) is 7.09. The number of hydrogen-bond donors (Lipinski definition) is 2. The number of carboxylic acid groups (broad SMARTS) is 1. The van der Waals surface area contributed by atoms with E-state index in [2.05, 4.69) is 5.32 Å². The summed E-state index contributed by atoms with van der Waals surface area (Å²) in [5.41, 5.74) is 0.352. The summed E-state index contributed by atoms with van der Waals surface area (Å²) in [5, 5.41) is 12.0. The minimum Gasteiger partial charge on any atom is -0.480 e. The summed E-state index contributed by atoms with van der Waals surface area (Å²) in [6, 6.07) is 3.54. The molecular formula is C16H19ClFNO3. The van der Waals surface area contributed by atoms with Crippen LogP contribution in [-0.2, 0) is 9.59 Å². The van der Waals surface area contributed by atoms with Crippen LogP contribution in [0.1, 0.15) is 44.1 Å². The van der Waals surface area contributed by atoms with Gasteiger partial charge in [0.2, 0.25) is 5.91 Å². The molecule has 0 heterocycles. The van der Waals surface area contributed by atoms with Crippen molar-refractivity contribution in [1.29, 1.82) is 0 Å². The molecule has 1 fully saturated rings. The Morgan fingerprint density at radius 2 is 2.23 bits per heavy atom. The molecule has 0 aromatic heterocycles. The molecule has 2 rings (SSSR count). The van der Waals surface area contributed by atoms with Crippen LogP contribution in [0.25, 0.3) is 0 Å². The number of hydrogen-bond acceptors (Lipinski definition) is 2. The lowest BCUT2D eigenvalue weighted by Crippen LogP contribution is -2.41. The molecule has 0 spiro atoms. The lowest BCUT2D eigenvalue weighted by Gasteiger charge is -2.14. The third kappa shape index (κ3) is 3.77. The first-order chi connectivity index (χ1) is 10.5. The van der Waals surface area contributed by atoms with Gasteiger partial charge < -0.3 is 10.4 Å². The molecule has 0 aliphatic heterocycles. The maximum Gasteiger partial charge on any atom is 0.326 e. The van der Waals surface area contributed by atoms with Gasteiger partial charge in [-0.25, -0.2) is 9.18 Å². The van der Waals surface area contributed by atoms with Gasteiger partial charge in [0.1, 0.15) is 11.9 Å². The number of carbonyl (C=O) groups excluding carboxylic acids is 1. The summed E-state index contributed by atoms with van der Waals surface area (Å²) in [7, 11) is 0. The van der Waals surface area contributed by atoms with Crippen molar-refractivity contribution in [3.63, 3.8) is 0 Å². The Bertz CT molecular complexity index is 558. The number of benzene rings is 1. The predicted molar refractivity (Wildman–Crippen MR) is 81.3 cm³/mol. The fourth-order valence-corrected chi connectivity index (χ4v) is 2.92.